The van der Waals surface area contributed by atoms with Crippen LogP contribution >= 0.6 is 11.6 Å². The Morgan fingerprint density at radius 1 is 1.33 bits per heavy atom. The second-order valence-electron chi connectivity index (χ2n) is 8.87. The Kier molecular flexibility index (Phi) is 4.93. The molecule has 0 radical (unpaired) electrons. The normalized spacial score (nSPS) is 19.2. The third kappa shape index (κ3) is 3.20. The molecule has 0 amide bonds. The van der Waals surface area contributed by atoms with E-state index in [2.05, 4.69) is 16.9 Å². The number of fused-ring (bicyclic) bond motifs is 3. The van der Waals surface area contributed by atoms with Crippen molar-refractivity contribution in [3.8, 4) is 17.3 Å². The van der Waals surface area contributed by atoms with E-state index in [0.717, 1.165) is 19.6 Å². The molecule has 1 N–H and O–H groups in total. The molecule has 10 heteroatoms. The van der Waals surface area contributed by atoms with Crippen LogP contribution in [0.1, 0.15) is 44.1 Å². The van der Waals surface area contributed by atoms with Gasteiger partial charge in [-0.3, -0.25) is 14.4 Å². The maximum absolute atomic E-state index is 15.2. The van der Waals surface area contributed by atoms with Crippen LogP contribution in [0.2, 0.25) is 5.02 Å². The molecule has 0 spiro atoms. The highest BCUT2D eigenvalue weighted by Gasteiger charge is 2.39. The van der Waals surface area contributed by atoms with Crippen molar-refractivity contribution in [3.05, 3.63) is 32.8 Å². The summed E-state index contributed by atoms with van der Waals surface area (Å²) in [4.78, 5) is 26.1. The Labute approximate surface area is 177 Å². The zero-order chi connectivity index (χ0) is 22.0. The Hall–Kier alpha value is -2.39. The Morgan fingerprint density at radius 3 is 2.57 bits per heavy atom. The van der Waals surface area contributed by atoms with E-state index in [4.69, 9.17) is 16.3 Å². The molecular formula is C20H24ClFN4O4. The fourth-order valence-corrected chi connectivity index (χ4v) is 4.30. The van der Waals surface area contributed by atoms with Gasteiger partial charge in [0.1, 0.15) is 28.1 Å². The van der Waals surface area contributed by atoms with Crippen molar-refractivity contribution in [2.24, 2.45) is 5.41 Å². The average molecular weight is 439 g/mol. The van der Waals surface area contributed by atoms with Gasteiger partial charge in [-0.2, -0.15) is 0 Å². The number of likely N-dealkylation sites (tertiary alicyclic amines) is 1. The summed E-state index contributed by atoms with van der Waals surface area (Å²) in [7, 11) is 0. The number of hydrogen-bond acceptors (Lipinski definition) is 5. The molecular weight excluding hydrogens is 415 g/mol. The van der Waals surface area contributed by atoms with Crippen LogP contribution in [0.4, 0.5) is 4.39 Å². The number of rotatable bonds is 4. The highest BCUT2D eigenvalue weighted by atomic mass is 35.5. The number of hydrogen-bond donors (Lipinski definition) is 1. The van der Waals surface area contributed by atoms with E-state index in [9.17, 15) is 14.7 Å². The first-order valence-corrected chi connectivity index (χ1v) is 10.2. The van der Waals surface area contributed by atoms with Crippen LogP contribution in [0.15, 0.2) is 11.0 Å². The first kappa shape index (κ1) is 20.9. The van der Waals surface area contributed by atoms with Gasteiger partial charge in [-0.1, -0.05) is 39.3 Å². The van der Waals surface area contributed by atoms with Gasteiger partial charge in [0.25, 0.3) is 5.88 Å². The lowest BCUT2D eigenvalue weighted by molar-refractivity contribution is 0.0204. The predicted octanol–water partition coefficient (Wildman–Crippen LogP) is 2.89. The molecule has 2 aliphatic heterocycles. The highest BCUT2D eigenvalue weighted by molar-refractivity contribution is 6.34. The molecule has 4 heterocycles. The molecule has 1 fully saturated rings. The van der Waals surface area contributed by atoms with Crippen LogP contribution in [0.25, 0.3) is 11.4 Å². The molecule has 1 atom stereocenters. The Bertz CT molecular complexity index is 1080. The summed E-state index contributed by atoms with van der Waals surface area (Å²) in [5.74, 6) is -2.43. The maximum atomic E-state index is 15.2. The number of carboxylic acid groups (broad SMARTS) is 1. The Morgan fingerprint density at radius 2 is 2.00 bits per heavy atom. The quantitative estimate of drug-likeness (QED) is 0.789. The number of aromatic nitrogens is 3. The number of aromatic carboxylic acids is 1. The van der Waals surface area contributed by atoms with Gasteiger partial charge in [0.15, 0.2) is 5.82 Å². The lowest BCUT2D eigenvalue weighted by Gasteiger charge is -2.38. The standard InChI is InChI=1S/C20H24ClFN4O4/c1-5-24-6-10(7-24)30-18-13(21)15-16-14(22)17(27)11(19(28)29)8-25(16)12(20(2,3)4)9-26(15)23-18/h8,10,12H,5-7,9H2,1-4H3,(H,28,29)/t12-/m0/s1. The molecule has 8 nitrogen and oxygen atoms in total. The second-order valence-corrected chi connectivity index (χ2v) is 9.25. The molecule has 2 aromatic rings. The van der Waals surface area contributed by atoms with Crippen LogP contribution in [-0.4, -0.2) is 56.1 Å². The van der Waals surface area contributed by atoms with Crippen molar-refractivity contribution in [1.29, 1.82) is 0 Å². The molecule has 0 aliphatic carbocycles. The molecule has 4 rings (SSSR count). The number of likely N-dealkylation sites (N-methyl/N-ethyl adjacent to an activating group) is 1. The summed E-state index contributed by atoms with van der Waals surface area (Å²) >= 11 is 6.53. The van der Waals surface area contributed by atoms with Crippen molar-refractivity contribution in [2.75, 3.05) is 19.6 Å². The first-order valence-electron chi connectivity index (χ1n) is 9.86. The first-order chi connectivity index (χ1) is 14.0. The zero-order valence-corrected chi connectivity index (χ0v) is 18.0. The third-order valence-electron chi connectivity index (χ3n) is 5.83. The third-order valence-corrected chi connectivity index (χ3v) is 6.17. The number of nitrogens with zero attached hydrogens (tertiary/aromatic N) is 4. The minimum absolute atomic E-state index is 0.0563. The van der Waals surface area contributed by atoms with Crippen molar-refractivity contribution in [3.63, 3.8) is 0 Å². The van der Waals surface area contributed by atoms with E-state index in [1.165, 1.54) is 10.8 Å². The largest absolute Gasteiger partial charge is 0.477 e. The summed E-state index contributed by atoms with van der Waals surface area (Å²) < 4.78 is 24.2. The topological polar surface area (TPSA) is 89.6 Å². The number of ether oxygens (including phenoxy) is 1. The maximum Gasteiger partial charge on any atom is 0.341 e. The minimum atomic E-state index is -1.47. The number of halogens is 2. The van der Waals surface area contributed by atoms with Gasteiger partial charge in [-0.15, -0.1) is 5.10 Å². The Balaban J connectivity index is 1.86. The summed E-state index contributed by atoms with van der Waals surface area (Å²) in [5.41, 5.74) is -2.00. The second kappa shape index (κ2) is 7.09. The van der Waals surface area contributed by atoms with E-state index < -0.39 is 22.8 Å². The summed E-state index contributed by atoms with van der Waals surface area (Å²) in [5, 5.41) is 13.9. The molecule has 162 valence electrons. The molecule has 0 saturated carbocycles. The molecule has 0 bridgehead atoms. The van der Waals surface area contributed by atoms with Gasteiger partial charge < -0.3 is 14.4 Å². The van der Waals surface area contributed by atoms with Gasteiger partial charge in [0, 0.05) is 19.3 Å². The van der Waals surface area contributed by atoms with Crippen LogP contribution in [-0.2, 0) is 6.54 Å². The smallest absolute Gasteiger partial charge is 0.341 e. The average Bonchev–Trinajstić information content (AvgIpc) is 2.94. The van der Waals surface area contributed by atoms with Crippen LogP contribution in [0, 0.1) is 11.2 Å². The zero-order valence-electron chi connectivity index (χ0n) is 17.3. The fraction of sp³-hybridized carbons (Fsp3) is 0.550. The number of carboxylic acids is 1. The molecule has 0 aromatic carbocycles. The minimum Gasteiger partial charge on any atom is -0.477 e. The fourth-order valence-electron chi connectivity index (χ4n) is 4.03. The van der Waals surface area contributed by atoms with Crippen LogP contribution < -0.4 is 10.2 Å². The summed E-state index contributed by atoms with van der Waals surface area (Å²) in [6.07, 6.45) is 1.15. The van der Waals surface area contributed by atoms with Gasteiger partial charge >= 0.3 is 5.97 Å². The van der Waals surface area contributed by atoms with E-state index >= 15 is 4.39 Å². The monoisotopic (exact) mass is 438 g/mol. The van der Waals surface area contributed by atoms with Crippen molar-refractivity contribution in [2.45, 2.75) is 46.4 Å². The number of carbonyl (C=O) groups is 1. The lowest BCUT2D eigenvalue weighted by Crippen LogP contribution is -2.53. The molecule has 0 unspecified atom stereocenters. The van der Waals surface area contributed by atoms with Gasteiger partial charge in [0.05, 0.1) is 12.6 Å². The lowest BCUT2D eigenvalue weighted by atomic mass is 9.85. The summed E-state index contributed by atoms with van der Waals surface area (Å²) in [6, 6.07) is -0.351. The van der Waals surface area contributed by atoms with E-state index in [-0.39, 0.29) is 39.9 Å². The van der Waals surface area contributed by atoms with Crippen molar-refractivity contribution >= 4 is 17.6 Å². The van der Waals surface area contributed by atoms with E-state index in [1.807, 2.05) is 20.8 Å². The van der Waals surface area contributed by atoms with Gasteiger partial charge in [0.2, 0.25) is 5.43 Å². The molecule has 30 heavy (non-hydrogen) atoms. The van der Waals surface area contributed by atoms with Crippen molar-refractivity contribution in [1.82, 2.24) is 19.2 Å². The van der Waals surface area contributed by atoms with Crippen molar-refractivity contribution < 1.29 is 19.0 Å². The SMILES string of the molecule is CCN1CC(Oc2nn3c(c2Cl)-c2c(F)c(=O)c(C(=O)O)cn2[C@H](C(C)(C)C)C3)C1. The molecule has 2 aromatic heterocycles. The predicted molar refractivity (Wildman–Crippen MR) is 109 cm³/mol. The number of pyridine rings is 1. The highest BCUT2D eigenvalue weighted by Crippen LogP contribution is 2.45. The molecule has 1 saturated heterocycles. The molecule has 2 aliphatic rings. The van der Waals surface area contributed by atoms with E-state index in [0.29, 0.717) is 6.54 Å². The van der Waals surface area contributed by atoms with Crippen LogP contribution in [0.5, 0.6) is 5.88 Å². The summed E-state index contributed by atoms with van der Waals surface area (Å²) in [6.45, 7) is 10.7. The van der Waals surface area contributed by atoms with Crippen LogP contribution in [0.3, 0.4) is 0 Å². The van der Waals surface area contributed by atoms with E-state index in [1.54, 1.807) is 4.68 Å². The van der Waals surface area contributed by atoms with Gasteiger partial charge in [-0.05, 0) is 12.0 Å². The van der Waals surface area contributed by atoms with Gasteiger partial charge in [-0.25, -0.2) is 9.18 Å².